The zero-order chi connectivity index (χ0) is 18.1. The maximum absolute atomic E-state index is 13.8. The molecule has 3 aromatic heterocycles. The molecule has 130 valence electrons. The van der Waals surface area contributed by atoms with Crippen LogP contribution < -0.4 is 5.32 Å². The number of nitrogens with zero attached hydrogens (tertiary/aromatic N) is 2. The highest BCUT2D eigenvalue weighted by Crippen LogP contribution is 2.31. The fraction of sp³-hybridized carbons (Fsp3) is 0.0556. The average molecular weight is 387 g/mol. The Labute approximate surface area is 156 Å². The molecule has 0 unspecified atom stereocenters. The van der Waals surface area contributed by atoms with Crippen LogP contribution in [-0.4, -0.2) is 21.1 Å². The molecule has 4 rings (SSSR count). The number of benzene rings is 1. The number of hydrogen-bond acceptors (Lipinski definition) is 4. The molecule has 0 aliphatic rings. The monoisotopic (exact) mass is 386 g/mol. The van der Waals surface area contributed by atoms with E-state index in [2.05, 4.69) is 20.5 Å². The molecule has 0 atom stereocenters. The predicted molar refractivity (Wildman–Crippen MR) is 99.8 cm³/mol. The largest absolute Gasteiger partial charge is 0.347 e. The SMILES string of the molecule is O=C(NCc1c(F)cccc1Cl)c1ccc(-c2n[nH]c3ncccc23)s1. The minimum Gasteiger partial charge on any atom is -0.347 e. The van der Waals surface area contributed by atoms with E-state index in [1.807, 2.05) is 18.2 Å². The van der Waals surface area contributed by atoms with Gasteiger partial charge in [-0.25, -0.2) is 9.37 Å². The van der Waals surface area contributed by atoms with Crippen molar-refractivity contribution in [3.8, 4) is 10.6 Å². The Morgan fingerprint density at radius 3 is 2.96 bits per heavy atom. The molecule has 8 heteroatoms. The van der Waals surface area contributed by atoms with E-state index in [0.717, 1.165) is 16.0 Å². The lowest BCUT2D eigenvalue weighted by molar-refractivity contribution is 0.0954. The van der Waals surface area contributed by atoms with Crippen molar-refractivity contribution in [2.75, 3.05) is 0 Å². The van der Waals surface area contributed by atoms with Crippen molar-refractivity contribution in [2.45, 2.75) is 6.54 Å². The Bertz CT molecular complexity index is 1090. The summed E-state index contributed by atoms with van der Waals surface area (Å²) in [4.78, 5) is 17.9. The molecule has 0 fully saturated rings. The summed E-state index contributed by atoms with van der Waals surface area (Å²) in [6, 6.07) is 11.7. The Kier molecular flexibility index (Phi) is 4.40. The van der Waals surface area contributed by atoms with Crippen LogP contribution >= 0.6 is 22.9 Å². The van der Waals surface area contributed by atoms with Gasteiger partial charge in [-0.1, -0.05) is 17.7 Å². The second-order valence-corrected chi connectivity index (χ2v) is 7.01. The van der Waals surface area contributed by atoms with Gasteiger partial charge in [-0.15, -0.1) is 11.3 Å². The molecular formula is C18H12ClFN4OS. The number of carbonyl (C=O) groups is 1. The van der Waals surface area contributed by atoms with Crippen molar-refractivity contribution in [3.05, 3.63) is 69.9 Å². The summed E-state index contributed by atoms with van der Waals surface area (Å²) in [7, 11) is 0. The zero-order valence-electron chi connectivity index (χ0n) is 13.3. The van der Waals surface area contributed by atoms with Gasteiger partial charge in [0, 0.05) is 28.7 Å². The van der Waals surface area contributed by atoms with E-state index in [1.165, 1.54) is 23.5 Å². The quantitative estimate of drug-likeness (QED) is 0.545. The zero-order valence-corrected chi connectivity index (χ0v) is 14.9. The number of rotatable bonds is 4. The van der Waals surface area contributed by atoms with Crippen molar-refractivity contribution >= 4 is 39.9 Å². The Hall–Kier alpha value is -2.77. The number of hydrogen-bond donors (Lipinski definition) is 2. The first-order valence-electron chi connectivity index (χ1n) is 7.74. The lowest BCUT2D eigenvalue weighted by Gasteiger charge is -2.07. The van der Waals surface area contributed by atoms with Crippen LogP contribution in [0, 0.1) is 5.82 Å². The van der Waals surface area contributed by atoms with E-state index < -0.39 is 5.82 Å². The van der Waals surface area contributed by atoms with E-state index in [4.69, 9.17) is 11.6 Å². The summed E-state index contributed by atoms with van der Waals surface area (Å²) in [6.07, 6.45) is 1.69. The van der Waals surface area contributed by atoms with E-state index in [0.29, 0.717) is 10.5 Å². The Balaban J connectivity index is 1.53. The molecule has 0 spiro atoms. The second kappa shape index (κ2) is 6.86. The van der Waals surface area contributed by atoms with Gasteiger partial charge < -0.3 is 5.32 Å². The molecule has 0 saturated carbocycles. The minimum absolute atomic E-state index is 0.0207. The van der Waals surface area contributed by atoms with Crippen LogP contribution in [0.1, 0.15) is 15.2 Å². The van der Waals surface area contributed by atoms with Crippen LogP contribution in [-0.2, 0) is 6.54 Å². The molecule has 26 heavy (non-hydrogen) atoms. The highest BCUT2D eigenvalue weighted by molar-refractivity contribution is 7.17. The molecule has 0 bridgehead atoms. The first-order valence-corrected chi connectivity index (χ1v) is 8.93. The molecule has 0 aliphatic heterocycles. The minimum atomic E-state index is -0.444. The summed E-state index contributed by atoms with van der Waals surface area (Å²) >= 11 is 7.29. The molecule has 3 heterocycles. The average Bonchev–Trinajstić information content (AvgIpc) is 3.28. The van der Waals surface area contributed by atoms with Crippen molar-refractivity contribution in [2.24, 2.45) is 0 Å². The third-order valence-electron chi connectivity index (χ3n) is 3.89. The van der Waals surface area contributed by atoms with Crippen molar-refractivity contribution in [3.63, 3.8) is 0 Å². The molecule has 0 saturated heterocycles. The third kappa shape index (κ3) is 3.07. The molecule has 2 N–H and O–H groups in total. The van der Waals surface area contributed by atoms with Gasteiger partial charge >= 0.3 is 0 Å². The normalized spacial score (nSPS) is 11.0. The van der Waals surface area contributed by atoms with Crippen LogP contribution in [0.3, 0.4) is 0 Å². The molecule has 1 aromatic carbocycles. The van der Waals surface area contributed by atoms with E-state index >= 15 is 0 Å². The van der Waals surface area contributed by atoms with Gasteiger partial charge in [-0.2, -0.15) is 5.10 Å². The van der Waals surface area contributed by atoms with E-state index in [9.17, 15) is 9.18 Å². The fourth-order valence-electron chi connectivity index (χ4n) is 2.59. The number of thiophene rings is 1. The summed E-state index contributed by atoms with van der Waals surface area (Å²) in [5.41, 5.74) is 1.70. The lowest BCUT2D eigenvalue weighted by atomic mass is 10.2. The topological polar surface area (TPSA) is 70.7 Å². The van der Waals surface area contributed by atoms with Crippen LogP contribution in [0.25, 0.3) is 21.6 Å². The molecular weight excluding hydrogens is 375 g/mol. The highest BCUT2D eigenvalue weighted by Gasteiger charge is 2.15. The smallest absolute Gasteiger partial charge is 0.261 e. The summed E-state index contributed by atoms with van der Waals surface area (Å²) < 4.78 is 13.8. The number of aromatic nitrogens is 3. The Morgan fingerprint density at radius 2 is 2.12 bits per heavy atom. The van der Waals surface area contributed by atoms with Crippen molar-refractivity contribution in [1.29, 1.82) is 0 Å². The number of aromatic amines is 1. The second-order valence-electron chi connectivity index (χ2n) is 5.52. The fourth-order valence-corrected chi connectivity index (χ4v) is 3.74. The number of H-pyrrole nitrogens is 1. The summed E-state index contributed by atoms with van der Waals surface area (Å²) in [5, 5.41) is 11.0. The molecule has 0 radical (unpaired) electrons. The van der Waals surface area contributed by atoms with Gasteiger partial charge in [0.2, 0.25) is 0 Å². The number of pyridine rings is 1. The van der Waals surface area contributed by atoms with E-state index in [-0.39, 0.29) is 23.0 Å². The standard InChI is InChI=1S/C18H12ClFN4OS/c19-12-4-1-5-13(20)11(12)9-22-18(25)15-7-6-14(26-15)16-10-3-2-8-21-17(10)24-23-16/h1-8H,9H2,(H,22,25)(H,21,23,24). The number of amides is 1. The van der Waals surface area contributed by atoms with Gasteiger partial charge in [0.15, 0.2) is 5.65 Å². The number of carbonyl (C=O) groups excluding carboxylic acids is 1. The van der Waals surface area contributed by atoms with Gasteiger partial charge in [0.25, 0.3) is 5.91 Å². The molecule has 5 nitrogen and oxygen atoms in total. The predicted octanol–water partition coefficient (Wildman–Crippen LogP) is 4.41. The van der Waals surface area contributed by atoms with Crippen LogP contribution in [0.15, 0.2) is 48.7 Å². The molecule has 4 aromatic rings. The van der Waals surface area contributed by atoms with Gasteiger partial charge in [0.1, 0.15) is 11.5 Å². The molecule has 1 amide bonds. The van der Waals surface area contributed by atoms with Crippen LogP contribution in [0.2, 0.25) is 5.02 Å². The van der Waals surface area contributed by atoms with Gasteiger partial charge in [0.05, 0.1) is 9.75 Å². The Morgan fingerprint density at radius 1 is 1.23 bits per heavy atom. The van der Waals surface area contributed by atoms with E-state index in [1.54, 1.807) is 18.3 Å². The maximum atomic E-state index is 13.8. The number of fused-ring (bicyclic) bond motifs is 1. The van der Waals surface area contributed by atoms with Crippen molar-refractivity contribution in [1.82, 2.24) is 20.5 Å². The number of nitrogens with one attached hydrogen (secondary N) is 2. The first kappa shape index (κ1) is 16.7. The van der Waals surface area contributed by atoms with Crippen molar-refractivity contribution < 1.29 is 9.18 Å². The third-order valence-corrected chi connectivity index (χ3v) is 5.33. The van der Waals surface area contributed by atoms with Crippen LogP contribution in [0.5, 0.6) is 0 Å². The number of halogens is 2. The summed E-state index contributed by atoms with van der Waals surface area (Å²) in [6.45, 7) is 0.0207. The summed E-state index contributed by atoms with van der Waals surface area (Å²) in [5.74, 6) is -0.737. The van der Waals surface area contributed by atoms with Gasteiger partial charge in [-0.3, -0.25) is 9.89 Å². The van der Waals surface area contributed by atoms with Crippen LogP contribution in [0.4, 0.5) is 4.39 Å². The maximum Gasteiger partial charge on any atom is 0.261 e. The highest BCUT2D eigenvalue weighted by atomic mass is 35.5. The molecule has 0 aliphatic carbocycles. The first-order chi connectivity index (χ1) is 12.6. The lowest BCUT2D eigenvalue weighted by Crippen LogP contribution is -2.22. The van der Waals surface area contributed by atoms with Gasteiger partial charge in [-0.05, 0) is 36.4 Å².